The maximum Gasteiger partial charge on any atom is 0.267 e. The van der Waals surface area contributed by atoms with Crippen LogP contribution in [-0.4, -0.2) is 66.9 Å². The van der Waals surface area contributed by atoms with E-state index < -0.39 is 10.0 Å². The number of rotatable bonds is 4. The zero-order chi connectivity index (χ0) is 17.4. The Hall–Kier alpha value is -1.38. The lowest BCUT2D eigenvalue weighted by molar-refractivity contribution is 0.0955. The summed E-state index contributed by atoms with van der Waals surface area (Å²) in [5.74, 6) is -0.300. The average molecular weight is 342 g/mol. The van der Waals surface area contributed by atoms with Crippen LogP contribution in [0.4, 0.5) is 0 Å². The highest BCUT2D eigenvalue weighted by molar-refractivity contribution is 7.89. The Kier molecular flexibility index (Phi) is 5.17. The first-order valence-corrected chi connectivity index (χ1v) is 9.30. The Morgan fingerprint density at radius 1 is 1.30 bits per heavy atom. The molecule has 23 heavy (non-hydrogen) atoms. The van der Waals surface area contributed by atoms with E-state index in [4.69, 9.17) is 0 Å². The SMILES string of the molecule is CCN1C[C@@H](C)N(S(=O)(=O)c2cc(C(=O)NC)n(C)c2)[C@H](C)C1. The largest absolute Gasteiger partial charge is 0.354 e. The molecule has 8 heteroatoms. The summed E-state index contributed by atoms with van der Waals surface area (Å²) in [6.45, 7) is 8.28. The minimum Gasteiger partial charge on any atom is -0.354 e. The normalized spacial score (nSPS) is 23.9. The number of nitrogens with one attached hydrogen (secondary N) is 1. The van der Waals surface area contributed by atoms with Crippen molar-refractivity contribution < 1.29 is 13.2 Å². The van der Waals surface area contributed by atoms with E-state index in [0.717, 1.165) is 19.6 Å². The van der Waals surface area contributed by atoms with Crippen molar-refractivity contribution in [3.05, 3.63) is 18.0 Å². The van der Waals surface area contributed by atoms with Crippen LogP contribution in [0.1, 0.15) is 31.3 Å². The van der Waals surface area contributed by atoms with Crippen molar-refractivity contribution >= 4 is 15.9 Å². The molecule has 1 aliphatic heterocycles. The van der Waals surface area contributed by atoms with E-state index >= 15 is 0 Å². The zero-order valence-electron chi connectivity index (χ0n) is 14.4. The molecular formula is C15H26N4O3S. The van der Waals surface area contributed by atoms with Gasteiger partial charge in [0.05, 0.1) is 0 Å². The number of hydrogen-bond acceptors (Lipinski definition) is 4. The number of aromatic nitrogens is 1. The first-order valence-electron chi connectivity index (χ1n) is 7.86. The van der Waals surface area contributed by atoms with Gasteiger partial charge < -0.3 is 14.8 Å². The smallest absolute Gasteiger partial charge is 0.267 e. The van der Waals surface area contributed by atoms with E-state index in [1.807, 2.05) is 13.8 Å². The minimum atomic E-state index is -3.63. The fraction of sp³-hybridized carbons (Fsp3) is 0.667. The molecule has 1 fully saturated rings. The lowest BCUT2D eigenvalue weighted by Gasteiger charge is -2.42. The average Bonchev–Trinajstić information content (AvgIpc) is 2.88. The molecule has 130 valence electrons. The third-order valence-corrected chi connectivity index (χ3v) is 6.47. The zero-order valence-corrected chi connectivity index (χ0v) is 15.2. The van der Waals surface area contributed by atoms with Crippen molar-refractivity contribution in [3.8, 4) is 0 Å². The molecule has 0 aromatic carbocycles. The third-order valence-electron chi connectivity index (χ3n) is 4.38. The molecule has 0 saturated carbocycles. The van der Waals surface area contributed by atoms with Crippen LogP contribution in [-0.2, 0) is 17.1 Å². The number of nitrogens with zero attached hydrogens (tertiary/aromatic N) is 3. The fourth-order valence-corrected chi connectivity index (χ4v) is 5.18. The van der Waals surface area contributed by atoms with Crippen molar-refractivity contribution in [2.75, 3.05) is 26.7 Å². The molecule has 1 aromatic heterocycles. The Labute approximate surface area is 138 Å². The maximum atomic E-state index is 13.0. The van der Waals surface area contributed by atoms with Crippen molar-refractivity contribution in [2.45, 2.75) is 37.8 Å². The third kappa shape index (κ3) is 3.29. The number of aryl methyl sites for hydroxylation is 1. The van der Waals surface area contributed by atoms with E-state index in [2.05, 4.69) is 17.1 Å². The summed E-state index contributed by atoms with van der Waals surface area (Å²) in [4.78, 5) is 14.2. The van der Waals surface area contributed by atoms with Gasteiger partial charge in [-0.25, -0.2) is 8.42 Å². The quantitative estimate of drug-likeness (QED) is 0.864. The molecule has 2 rings (SSSR count). The second-order valence-corrected chi connectivity index (χ2v) is 7.98. The molecule has 1 amide bonds. The number of carbonyl (C=O) groups excluding carboxylic acids is 1. The molecule has 1 N–H and O–H groups in total. The minimum absolute atomic E-state index is 0.104. The van der Waals surface area contributed by atoms with Crippen LogP contribution in [0.25, 0.3) is 0 Å². The highest BCUT2D eigenvalue weighted by Crippen LogP contribution is 2.26. The summed E-state index contributed by atoms with van der Waals surface area (Å²) in [5.41, 5.74) is 0.332. The predicted octanol–water partition coefficient (Wildman–Crippen LogP) is 0.488. The molecule has 0 radical (unpaired) electrons. The van der Waals surface area contributed by atoms with Crippen LogP contribution in [0.2, 0.25) is 0 Å². The Balaban J connectivity index is 2.37. The van der Waals surface area contributed by atoms with Crippen molar-refractivity contribution in [1.82, 2.24) is 19.1 Å². The van der Waals surface area contributed by atoms with Crippen LogP contribution < -0.4 is 5.32 Å². The van der Waals surface area contributed by atoms with Crippen molar-refractivity contribution in [2.24, 2.45) is 7.05 Å². The molecule has 1 aromatic rings. The van der Waals surface area contributed by atoms with Gasteiger partial charge in [-0.3, -0.25) is 4.79 Å². The van der Waals surface area contributed by atoms with Crippen LogP contribution in [0, 0.1) is 0 Å². The highest BCUT2D eigenvalue weighted by Gasteiger charge is 2.38. The standard InChI is InChI=1S/C15H26N4O3S/c1-6-18-8-11(2)19(12(3)9-18)23(21,22)13-7-14(15(20)16-4)17(5)10-13/h7,10-12H,6,8-9H2,1-5H3,(H,16,20)/t11-,12-/m1/s1. The Morgan fingerprint density at radius 3 is 2.35 bits per heavy atom. The molecule has 7 nitrogen and oxygen atoms in total. The van der Waals surface area contributed by atoms with E-state index in [9.17, 15) is 13.2 Å². The summed E-state index contributed by atoms with van der Waals surface area (Å²) in [6, 6.07) is 1.24. The van der Waals surface area contributed by atoms with Gasteiger partial charge in [0.2, 0.25) is 10.0 Å². The van der Waals surface area contributed by atoms with Crippen LogP contribution in [0.5, 0.6) is 0 Å². The molecule has 2 atom stereocenters. The van der Waals surface area contributed by atoms with Gasteiger partial charge in [0.25, 0.3) is 5.91 Å². The molecular weight excluding hydrogens is 316 g/mol. The number of sulfonamides is 1. The van der Waals surface area contributed by atoms with Gasteiger partial charge in [-0.05, 0) is 26.5 Å². The lowest BCUT2D eigenvalue weighted by atomic mass is 10.1. The predicted molar refractivity (Wildman–Crippen MR) is 88.9 cm³/mol. The van der Waals surface area contributed by atoms with Crippen LogP contribution in [0.3, 0.4) is 0 Å². The molecule has 2 heterocycles. The lowest BCUT2D eigenvalue weighted by Crippen LogP contribution is -2.58. The first kappa shape index (κ1) is 18.0. The van der Waals surface area contributed by atoms with E-state index in [1.165, 1.54) is 19.3 Å². The van der Waals surface area contributed by atoms with Crippen molar-refractivity contribution in [1.29, 1.82) is 0 Å². The maximum absolute atomic E-state index is 13.0. The number of likely N-dealkylation sites (N-methyl/N-ethyl adjacent to an activating group) is 1. The fourth-order valence-electron chi connectivity index (χ4n) is 3.30. The molecule has 0 unspecified atom stereocenters. The Bertz CT molecular complexity index is 671. The summed E-state index contributed by atoms with van der Waals surface area (Å²) in [5, 5.41) is 2.52. The van der Waals surface area contributed by atoms with Gasteiger partial charge in [0.1, 0.15) is 10.6 Å². The van der Waals surface area contributed by atoms with Crippen molar-refractivity contribution in [3.63, 3.8) is 0 Å². The number of piperazine rings is 1. The number of amides is 1. The molecule has 0 spiro atoms. The van der Waals surface area contributed by atoms with Crippen LogP contribution >= 0.6 is 0 Å². The summed E-state index contributed by atoms with van der Waals surface area (Å²) < 4.78 is 29.2. The number of carbonyl (C=O) groups is 1. The first-order chi connectivity index (χ1) is 10.7. The second-order valence-electron chi connectivity index (χ2n) is 6.14. The van der Waals surface area contributed by atoms with E-state index in [-0.39, 0.29) is 22.9 Å². The van der Waals surface area contributed by atoms with Crippen LogP contribution in [0.15, 0.2) is 17.2 Å². The number of hydrogen-bond donors (Lipinski definition) is 1. The monoisotopic (exact) mass is 342 g/mol. The van der Waals surface area contributed by atoms with Gasteiger partial charge in [-0.2, -0.15) is 4.31 Å². The highest BCUT2D eigenvalue weighted by atomic mass is 32.2. The summed E-state index contributed by atoms with van der Waals surface area (Å²) in [7, 11) is -0.432. The topological polar surface area (TPSA) is 74.7 Å². The van der Waals surface area contributed by atoms with E-state index in [1.54, 1.807) is 15.9 Å². The molecule has 0 aliphatic carbocycles. The summed E-state index contributed by atoms with van der Waals surface area (Å²) in [6.07, 6.45) is 1.51. The van der Waals surface area contributed by atoms with Gasteiger partial charge in [0.15, 0.2) is 0 Å². The van der Waals surface area contributed by atoms with Gasteiger partial charge in [-0.15, -0.1) is 0 Å². The van der Waals surface area contributed by atoms with E-state index in [0.29, 0.717) is 5.69 Å². The van der Waals surface area contributed by atoms with Gasteiger partial charge in [0, 0.05) is 45.5 Å². The molecule has 0 bridgehead atoms. The molecule has 1 aliphatic rings. The Morgan fingerprint density at radius 2 is 1.87 bits per heavy atom. The van der Waals surface area contributed by atoms with Gasteiger partial charge in [-0.1, -0.05) is 6.92 Å². The second kappa shape index (κ2) is 6.62. The summed E-state index contributed by atoms with van der Waals surface area (Å²) >= 11 is 0. The van der Waals surface area contributed by atoms with Gasteiger partial charge >= 0.3 is 0 Å². The molecule has 1 saturated heterocycles.